The normalized spacial score (nSPS) is 17.3. The van der Waals surface area contributed by atoms with E-state index in [1.807, 2.05) is 27.8 Å². The zero-order valence-corrected chi connectivity index (χ0v) is 16.8. The lowest BCUT2D eigenvalue weighted by Crippen LogP contribution is -2.53. The van der Waals surface area contributed by atoms with Gasteiger partial charge < -0.3 is 20.3 Å². The van der Waals surface area contributed by atoms with Gasteiger partial charge in [0.2, 0.25) is 5.91 Å². The van der Waals surface area contributed by atoms with Crippen molar-refractivity contribution in [1.82, 2.24) is 15.5 Å². The van der Waals surface area contributed by atoms with Crippen LogP contribution >= 0.6 is 12.4 Å². The molecule has 0 aliphatic carbocycles. The fraction of sp³-hybridized carbons (Fsp3) is 0.579. The lowest BCUT2D eigenvalue weighted by Gasteiger charge is -2.30. The lowest BCUT2D eigenvalue weighted by molar-refractivity contribution is -0.134. The van der Waals surface area contributed by atoms with Gasteiger partial charge in [-0.2, -0.15) is 0 Å². The van der Waals surface area contributed by atoms with Crippen molar-refractivity contribution in [2.75, 3.05) is 26.7 Å². The highest BCUT2D eigenvalue weighted by Crippen LogP contribution is 2.15. The van der Waals surface area contributed by atoms with Crippen molar-refractivity contribution in [3.63, 3.8) is 0 Å². The molecule has 6 nitrogen and oxygen atoms in total. The lowest BCUT2D eigenvalue weighted by atomic mass is 10.0. The number of hydrogen-bond donors (Lipinski definition) is 2. The van der Waals surface area contributed by atoms with Crippen molar-refractivity contribution in [2.24, 2.45) is 5.92 Å². The molecule has 0 aromatic heterocycles. The van der Waals surface area contributed by atoms with Gasteiger partial charge in [0.15, 0.2) is 0 Å². The molecule has 146 valence electrons. The van der Waals surface area contributed by atoms with Crippen LogP contribution in [-0.4, -0.2) is 55.5 Å². The second-order valence-corrected chi connectivity index (χ2v) is 6.75. The maximum absolute atomic E-state index is 12.8. The Hall–Kier alpha value is -1.79. The summed E-state index contributed by atoms with van der Waals surface area (Å²) in [5, 5.41) is 6.16. The van der Waals surface area contributed by atoms with E-state index in [4.69, 9.17) is 4.74 Å². The quantitative estimate of drug-likeness (QED) is 0.756. The number of rotatable bonds is 7. The van der Waals surface area contributed by atoms with Crippen LogP contribution in [-0.2, 0) is 4.79 Å². The molecule has 1 heterocycles. The Morgan fingerprint density at radius 2 is 1.96 bits per heavy atom. The first kappa shape index (κ1) is 22.3. The Kier molecular flexibility index (Phi) is 8.88. The number of likely N-dealkylation sites (N-methyl/N-ethyl adjacent to an activating group) is 1. The van der Waals surface area contributed by atoms with Gasteiger partial charge in [-0.15, -0.1) is 12.4 Å². The van der Waals surface area contributed by atoms with Gasteiger partial charge in [0.25, 0.3) is 5.91 Å². The molecule has 1 aliphatic rings. The van der Waals surface area contributed by atoms with E-state index < -0.39 is 6.04 Å². The largest absolute Gasteiger partial charge is 0.494 e. The van der Waals surface area contributed by atoms with Crippen molar-refractivity contribution < 1.29 is 14.3 Å². The van der Waals surface area contributed by atoms with Crippen LogP contribution in [0.4, 0.5) is 0 Å². The molecular weight excluding hydrogens is 354 g/mol. The zero-order chi connectivity index (χ0) is 18.4. The van der Waals surface area contributed by atoms with Gasteiger partial charge in [-0.25, -0.2) is 0 Å². The minimum Gasteiger partial charge on any atom is -0.494 e. The number of nitrogens with one attached hydrogen (secondary N) is 2. The maximum atomic E-state index is 12.8. The number of hydrogen-bond acceptors (Lipinski definition) is 4. The monoisotopic (exact) mass is 383 g/mol. The molecule has 2 N–H and O–H groups in total. The van der Waals surface area contributed by atoms with Crippen LogP contribution in [0.3, 0.4) is 0 Å². The van der Waals surface area contributed by atoms with E-state index in [2.05, 4.69) is 10.6 Å². The number of ether oxygens (including phenoxy) is 1. The Morgan fingerprint density at radius 1 is 1.31 bits per heavy atom. The molecule has 2 unspecified atom stereocenters. The van der Waals surface area contributed by atoms with E-state index in [-0.39, 0.29) is 36.2 Å². The SMILES string of the molecule is CCOc1ccc(C(=O)NC(C(=O)N(C)C2CCNC2)C(C)C)cc1.Cl. The smallest absolute Gasteiger partial charge is 0.251 e. The summed E-state index contributed by atoms with van der Waals surface area (Å²) in [6, 6.07) is 6.61. The summed E-state index contributed by atoms with van der Waals surface area (Å²) >= 11 is 0. The van der Waals surface area contributed by atoms with Gasteiger partial charge in [0, 0.05) is 25.2 Å². The molecule has 0 bridgehead atoms. The maximum Gasteiger partial charge on any atom is 0.251 e. The van der Waals surface area contributed by atoms with E-state index in [1.54, 1.807) is 29.2 Å². The standard InChI is InChI=1S/C19H29N3O3.ClH/c1-5-25-16-8-6-14(7-9-16)18(23)21-17(13(2)3)19(24)22(4)15-10-11-20-12-15;/h6-9,13,15,17,20H,5,10-12H2,1-4H3,(H,21,23);1H. The van der Waals surface area contributed by atoms with Crippen LogP contribution in [0.15, 0.2) is 24.3 Å². The van der Waals surface area contributed by atoms with E-state index in [9.17, 15) is 9.59 Å². The van der Waals surface area contributed by atoms with Crippen LogP contribution in [0, 0.1) is 5.92 Å². The Bertz CT molecular complexity index is 586. The van der Waals surface area contributed by atoms with Crippen molar-refractivity contribution in [3.8, 4) is 5.75 Å². The molecule has 2 rings (SSSR count). The Balaban J connectivity index is 0.00000338. The van der Waals surface area contributed by atoms with Gasteiger partial charge in [0.05, 0.1) is 6.61 Å². The highest BCUT2D eigenvalue weighted by Gasteiger charge is 2.31. The topological polar surface area (TPSA) is 70.7 Å². The number of carbonyl (C=O) groups is 2. The van der Waals surface area contributed by atoms with Crippen molar-refractivity contribution in [3.05, 3.63) is 29.8 Å². The summed E-state index contributed by atoms with van der Waals surface area (Å²) in [6.07, 6.45) is 0.944. The molecule has 0 saturated carbocycles. The van der Waals surface area contributed by atoms with Crippen LogP contribution in [0.2, 0.25) is 0 Å². The third-order valence-corrected chi connectivity index (χ3v) is 4.58. The molecular formula is C19H30ClN3O3. The highest BCUT2D eigenvalue weighted by atomic mass is 35.5. The molecule has 2 atom stereocenters. The van der Waals surface area contributed by atoms with E-state index >= 15 is 0 Å². The van der Waals surface area contributed by atoms with Crippen molar-refractivity contribution >= 4 is 24.2 Å². The first-order valence-corrected chi connectivity index (χ1v) is 8.95. The van der Waals surface area contributed by atoms with Crippen LogP contribution in [0.5, 0.6) is 5.75 Å². The summed E-state index contributed by atoms with van der Waals surface area (Å²) in [5.41, 5.74) is 0.520. The minimum absolute atomic E-state index is 0. The first-order valence-electron chi connectivity index (χ1n) is 8.95. The third kappa shape index (κ3) is 5.61. The fourth-order valence-electron chi connectivity index (χ4n) is 2.98. The molecule has 1 aromatic rings. The number of halogens is 1. The van der Waals surface area contributed by atoms with Crippen molar-refractivity contribution in [1.29, 1.82) is 0 Å². The van der Waals surface area contributed by atoms with Crippen LogP contribution in [0.25, 0.3) is 0 Å². The molecule has 26 heavy (non-hydrogen) atoms. The molecule has 0 radical (unpaired) electrons. The molecule has 1 aromatic carbocycles. The van der Waals surface area contributed by atoms with Gasteiger partial charge in [-0.3, -0.25) is 9.59 Å². The zero-order valence-electron chi connectivity index (χ0n) is 16.0. The Labute approximate surface area is 162 Å². The average molecular weight is 384 g/mol. The molecule has 2 amide bonds. The molecule has 0 spiro atoms. The van der Waals surface area contributed by atoms with E-state index in [0.717, 1.165) is 25.3 Å². The summed E-state index contributed by atoms with van der Waals surface area (Å²) in [6.45, 7) is 8.12. The van der Waals surface area contributed by atoms with E-state index in [1.165, 1.54) is 0 Å². The highest BCUT2D eigenvalue weighted by molar-refractivity contribution is 5.97. The first-order chi connectivity index (χ1) is 11.9. The molecule has 1 saturated heterocycles. The van der Waals surface area contributed by atoms with Crippen LogP contribution in [0.1, 0.15) is 37.6 Å². The second-order valence-electron chi connectivity index (χ2n) is 6.75. The van der Waals surface area contributed by atoms with Gasteiger partial charge in [0.1, 0.15) is 11.8 Å². The molecule has 1 fully saturated rings. The fourth-order valence-corrected chi connectivity index (χ4v) is 2.98. The summed E-state index contributed by atoms with van der Waals surface area (Å²) < 4.78 is 5.39. The Morgan fingerprint density at radius 3 is 2.46 bits per heavy atom. The number of carbonyl (C=O) groups excluding carboxylic acids is 2. The summed E-state index contributed by atoms with van der Waals surface area (Å²) in [7, 11) is 1.82. The number of nitrogens with zero attached hydrogens (tertiary/aromatic N) is 1. The van der Waals surface area contributed by atoms with Gasteiger partial charge in [-0.1, -0.05) is 13.8 Å². The van der Waals surface area contributed by atoms with Crippen LogP contribution < -0.4 is 15.4 Å². The van der Waals surface area contributed by atoms with Gasteiger partial charge in [-0.05, 0) is 50.1 Å². The minimum atomic E-state index is -0.537. The average Bonchev–Trinajstić information content (AvgIpc) is 3.13. The van der Waals surface area contributed by atoms with Crippen molar-refractivity contribution in [2.45, 2.75) is 39.3 Å². The second kappa shape index (κ2) is 10.4. The third-order valence-electron chi connectivity index (χ3n) is 4.58. The van der Waals surface area contributed by atoms with Gasteiger partial charge >= 0.3 is 0 Å². The molecule has 1 aliphatic heterocycles. The predicted octanol–water partition coefficient (Wildman–Crippen LogP) is 2.08. The summed E-state index contributed by atoms with van der Waals surface area (Å²) in [4.78, 5) is 27.2. The molecule has 7 heteroatoms. The summed E-state index contributed by atoms with van der Waals surface area (Å²) in [5.74, 6) is 0.455. The number of amides is 2. The number of benzene rings is 1. The predicted molar refractivity (Wildman–Crippen MR) is 105 cm³/mol. The van der Waals surface area contributed by atoms with E-state index in [0.29, 0.717) is 12.2 Å².